The molecule has 3 aromatic rings. The van der Waals surface area contributed by atoms with Gasteiger partial charge in [0.25, 0.3) is 0 Å². The second-order valence-electron chi connectivity index (χ2n) is 8.92. The maximum Gasteiger partial charge on any atom is 0.225 e. The number of halogens is 2. The smallest absolute Gasteiger partial charge is 0.225 e. The molecule has 3 aromatic carbocycles. The van der Waals surface area contributed by atoms with Gasteiger partial charge in [0.2, 0.25) is 15.9 Å². The maximum absolute atomic E-state index is 13.4. The number of carbonyl (C=O) groups is 1. The Labute approximate surface area is 217 Å². The second kappa shape index (κ2) is 11.1. The Morgan fingerprint density at radius 1 is 0.971 bits per heavy atom. The van der Waals surface area contributed by atoms with Crippen molar-refractivity contribution < 1.29 is 13.2 Å². The fraction of sp³-hybridized carbons (Fsp3) is 0.296. The van der Waals surface area contributed by atoms with Crippen molar-refractivity contribution in [1.29, 1.82) is 0 Å². The van der Waals surface area contributed by atoms with E-state index in [0.29, 0.717) is 35.0 Å². The molecule has 184 valence electrons. The molecule has 1 N–H and O–H groups in total. The zero-order valence-corrected chi connectivity index (χ0v) is 21.8. The lowest BCUT2D eigenvalue weighted by Crippen LogP contribution is -2.46. The highest BCUT2D eigenvalue weighted by molar-refractivity contribution is 7.88. The summed E-state index contributed by atoms with van der Waals surface area (Å²) in [5.74, 6) is -0.900. The minimum Gasteiger partial charge on any atom is -0.345 e. The number of benzene rings is 3. The van der Waals surface area contributed by atoms with Crippen molar-refractivity contribution in [2.75, 3.05) is 13.1 Å². The molecule has 1 amide bonds. The molecule has 2 atom stereocenters. The number of piperidine rings is 1. The van der Waals surface area contributed by atoms with E-state index >= 15 is 0 Å². The van der Waals surface area contributed by atoms with Crippen LogP contribution in [0, 0.1) is 12.8 Å². The number of hydrogen-bond acceptors (Lipinski definition) is 3. The number of rotatable bonds is 7. The summed E-state index contributed by atoms with van der Waals surface area (Å²) in [4.78, 5) is 13.4. The average molecular weight is 532 g/mol. The fourth-order valence-electron chi connectivity index (χ4n) is 4.38. The van der Waals surface area contributed by atoms with Gasteiger partial charge in [-0.25, -0.2) is 12.7 Å². The first kappa shape index (κ1) is 25.7. The minimum atomic E-state index is -3.70. The van der Waals surface area contributed by atoms with Gasteiger partial charge in [-0.1, -0.05) is 89.4 Å². The van der Waals surface area contributed by atoms with Crippen molar-refractivity contribution in [2.24, 2.45) is 5.92 Å². The van der Waals surface area contributed by atoms with Gasteiger partial charge in [0.15, 0.2) is 0 Å². The summed E-state index contributed by atoms with van der Waals surface area (Å²) in [6.07, 6.45) is 1.23. The van der Waals surface area contributed by atoms with Crippen molar-refractivity contribution in [3.05, 3.63) is 105 Å². The standard InChI is InChI=1S/C27H28Cl2N2O3S/c1-19-12-14-21(15-13-19)26(20-7-3-2-4-8-20)30-27(32)22-9-6-16-31(17-22)35(33,34)18-23-24(28)10-5-11-25(23)29/h2-5,7-8,10-15,22,26H,6,9,16-18H2,1H3,(H,30,32)/t22-,26+/m0/s1. The third kappa shape index (κ3) is 6.25. The van der Waals surface area contributed by atoms with Gasteiger partial charge in [-0.05, 0) is 43.0 Å². The van der Waals surface area contributed by atoms with Crippen LogP contribution in [0.1, 0.15) is 41.1 Å². The summed E-state index contributed by atoms with van der Waals surface area (Å²) in [5.41, 5.74) is 3.46. The summed E-state index contributed by atoms with van der Waals surface area (Å²) in [7, 11) is -3.70. The molecule has 0 radical (unpaired) electrons. The Morgan fingerprint density at radius 2 is 1.60 bits per heavy atom. The van der Waals surface area contributed by atoms with E-state index in [1.54, 1.807) is 18.2 Å². The third-order valence-electron chi connectivity index (χ3n) is 6.37. The molecule has 1 aliphatic rings. The molecule has 0 unspecified atom stereocenters. The van der Waals surface area contributed by atoms with Gasteiger partial charge in [0.05, 0.1) is 17.7 Å². The number of carbonyl (C=O) groups excluding carboxylic acids is 1. The number of nitrogens with one attached hydrogen (secondary N) is 1. The number of amides is 1. The highest BCUT2D eigenvalue weighted by atomic mass is 35.5. The summed E-state index contributed by atoms with van der Waals surface area (Å²) in [6, 6.07) is 22.5. The van der Waals surface area contributed by atoms with Gasteiger partial charge in [-0.3, -0.25) is 4.79 Å². The normalized spacial score (nSPS) is 17.6. The minimum absolute atomic E-state index is 0.131. The fourth-order valence-corrected chi connectivity index (χ4v) is 6.74. The van der Waals surface area contributed by atoms with Gasteiger partial charge in [-0.15, -0.1) is 0 Å². The number of aryl methyl sites for hydroxylation is 1. The second-order valence-corrected chi connectivity index (χ2v) is 11.7. The van der Waals surface area contributed by atoms with Crippen molar-refractivity contribution in [3.8, 4) is 0 Å². The van der Waals surface area contributed by atoms with E-state index in [9.17, 15) is 13.2 Å². The summed E-state index contributed by atoms with van der Waals surface area (Å²) >= 11 is 12.4. The van der Waals surface area contributed by atoms with Crippen LogP contribution >= 0.6 is 23.2 Å². The first-order valence-corrected chi connectivity index (χ1v) is 13.9. The molecular weight excluding hydrogens is 503 g/mol. The molecular formula is C27H28Cl2N2O3S. The van der Waals surface area contributed by atoms with Crippen LogP contribution in [-0.4, -0.2) is 31.7 Å². The average Bonchev–Trinajstić information content (AvgIpc) is 2.86. The predicted molar refractivity (Wildman–Crippen MR) is 141 cm³/mol. The largest absolute Gasteiger partial charge is 0.345 e. The lowest BCUT2D eigenvalue weighted by atomic mass is 9.94. The van der Waals surface area contributed by atoms with Crippen molar-refractivity contribution in [1.82, 2.24) is 9.62 Å². The lowest BCUT2D eigenvalue weighted by molar-refractivity contribution is -0.126. The van der Waals surface area contributed by atoms with Crippen molar-refractivity contribution in [3.63, 3.8) is 0 Å². The molecule has 1 aliphatic heterocycles. The van der Waals surface area contributed by atoms with Crippen LogP contribution in [0.15, 0.2) is 72.8 Å². The quantitative estimate of drug-likeness (QED) is 0.422. The van der Waals surface area contributed by atoms with Crippen LogP contribution in [0.3, 0.4) is 0 Å². The van der Waals surface area contributed by atoms with E-state index in [1.807, 2.05) is 61.5 Å². The van der Waals surface area contributed by atoms with Crippen molar-refractivity contribution >= 4 is 39.1 Å². The molecule has 0 aromatic heterocycles. The molecule has 0 saturated carbocycles. The zero-order chi connectivity index (χ0) is 25.0. The maximum atomic E-state index is 13.4. The first-order valence-electron chi connectivity index (χ1n) is 11.6. The van der Waals surface area contributed by atoms with Crippen LogP contribution in [0.4, 0.5) is 0 Å². The van der Waals surface area contributed by atoms with Crippen molar-refractivity contribution in [2.45, 2.75) is 31.6 Å². The molecule has 0 bridgehead atoms. The number of sulfonamides is 1. The molecule has 0 spiro atoms. The first-order chi connectivity index (χ1) is 16.7. The lowest BCUT2D eigenvalue weighted by Gasteiger charge is -2.32. The molecule has 5 nitrogen and oxygen atoms in total. The van der Waals surface area contributed by atoms with Crippen LogP contribution in [0.2, 0.25) is 10.0 Å². The number of nitrogens with zero attached hydrogens (tertiary/aromatic N) is 1. The van der Waals surface area contributed by atoms with Gasteiger partial charge >= 0.3 is 0 Å². The van der Waals surface area contributed by atoms with Gasteiger partial charge in [0, 0.05) is 28.7 Å². The van der Waals surface area contributed by atoms with E-state index in [0.717, 1.165) is 16.7 Å². The number of hydrogen-bond donors (Lipinski definition) is 1. The Hall–Kier alpha value is -2.38. The Morgan fingerprint density at radius 3 is 2.26 bits per heavy atom. The summed E-state index contributed by atoms with van der Waals surface area (Å²) in [6.45, 7) is 2.52. The molecule has 4 rings (SSSR count). The molecule has 1 heterocycles. The molecule has 8 heteroatoms. The Kier molecular flexibility index (Phi) is 8.17. The Bertz CT molecular complexity index is 1260. The van der Waals surface area contributed by atoms with Gasteiger partial charge in [-0.2, -0.15) is 0 Å². The van der Waals surface area contributed by atoms with Gasteiger partial charge < -0.3 is 5.32 Å². The third-order valence-corrected chi connectivity index (χ3v) is 8.85. The van der Waals surface area contributed by atoms with E-state index in [-0.39, 0.29) is 24.2 Å². The van der Waals surface area contributed by atoms with E-state index < -0.39 is 15.9 Å². The zero-order valence-electron chi connectivity index (χ0n) is 19.5. The van der Waals surface area contributed by atoms with Crippen LogP contribution in [-0.2, 0) is 20.6 Å². The predicted octanol–water partition coefficient (Wildman–Crippen LogP) is 5.75. The molecule has 35 heavy (non-hydrogen) atoms. The molecule has 0 aliphatic carbocycles. The molecule has 1 saturated heterocycles. The monoisotopic (exact) mass is 530 g/mol. The Balaban J connectivity index is 1.51. The SMILES string of the molecule is Cc1ccc([C@H](NC(=O)[C@H]2CCCN(S(=O)(=O)Cc3c(Cl)cccc3Cl)C2)c2ccccc2)cc1. The topological polar surface area (TPSA) is 66.5 Å². The van der Waals surface area contributed by atoms with Crippen LogP contribution in [0.25, 0.3) is 0 Å². The van der Waals surface area contributed by atoms with E-state index in [2.05, 4.69) is 5.32 Å². The van der Waals surface area contributed by atoms with Gasteiger partial charge in [0.1, 0.15) is 0 Å². The highest BCUT2D eigenvalue weighted by Gasteiger charge is 2.34. The summed E-state index contributed by atoms with van der Waals surface area (Å²) < 4.78 is 27.8. The highest BCUT2D eigenvalue weighted by Crippen LogP contribution is 2.30. The summed E-state index contributed by atoms with van der Waals surface area (Å²) in [5, 5.41) is 3.81. The molecule has 1 fully saturated rings. The van der Waals surface area contributed by atoms with E-state index in [1.165, 1.54) is 4.31 Å². The van der Waals surface area contributed by atoms with E-state index in [4.69, 9.17) is 23.2 Å². The van der Waals surface area contributed by atoms with Crippen LogP contribution in [0.5, 0.6) is 0 Å². The van der Waals surface area contributed by atoms with Crippen LogP contribution < -0.4 is 5.32 Å².